The van der Waals surface area contributed by atoms with Crippen LogP contribution in [0.3, 0.4) is 0 Å². The lowest BCUT2D eigenvalue weighted by Crippen LogP contribution is -2.25. The Hall–Kier alpha value is -1.04. The molecular weight excluding hydrogens is 226 g/mol. The van der Waals surface area contributed by atoms with Crippen molar-refractivity contribution in [2.24, 2.45) is 11.7 Å². The highest BCUT2D eigenvalue weighted by molar-refractivity contribution is 5.13. The molecule has 96 valence electrons. The third-order valence-electron chi connectivity index (χ3n) is 3.61. The molecule has 0 radical (unpaired) electrons. The Morgan fingerprint density at radius 1 is 1.47 bits per heavy atom. The van der Waals surface area contributed by atoms with Gasteiger partial charge in [0.2, 0.25) is 0 Å². The van der Waals surface area contributed by atoms with Gasteiger partial charge in [-0.25, -0.2) is 13.5 Å². The van der Waals surface area contributed by atoms with E-state index in [1.165, 1.54) is 11.1 Å². The van der Waals surface area contributed by atoms with Gasteiger partial charge in [0.15, 0.2) is 0 Å². The Morgan fingerprint density at radius 3 is 2.65 bits per heavy atom. The van der Waals surface area contributed by atoms with Crippen molar-refractivity contribution in [2.75, 3.05) is 6.54 Å². The van der Waals surface area contributed by atoms with E-state index in [-0.39, 0.29) is 11.7 Å². The first-order valence-electron chi connectivity index (χ1n) is 6.07. The summed E-state index contributed by atoms with van der Waals surface area (Å²) in [5.74, 6) is 0.458. The number of halogens is 2. The summed E-state index contributed by atoms with van der Waals surface area (Å²) in [6.07, 6.45) is 1.20. The number of alkyl halides is 2. The van der Waals surface area contributed by atoms with Crippen molar-refractivity contribution < 1.29 is 8.78 Å². The molecule has 1 aliphatic carbocycles. The molecular formula is C11H18F2N4. The molecule has 2 rings (SSSR count). The van der Waals surface area contributed by atoms with Gasteiger partial charge in [-0.3, -0.25) is 0 Å². The predicted octanol–water partition coefficient (Wildman–Crippen LogP) is 2.08. The minimum Gasteiger partial charge on any atom is -0.330 e. The molecule has 17 heavy (non-hydrogen) atoms. The van der Waals surface area contributed by atoms with Crippen LogP contribution in [0, 0.1) is 5.92 Å². The van der Waals surface area contributed by atoms with Gasteiger partial charge in [-0.1, -0.05) is 11.6 Å². The van der Waals surface area contributed by atoms with Crippen LogP contribution in [0.1, 0.15) is 50.0 Å². The quantitative estimate of drug-likeness (QED) is 0.862. The summed E-state index contributed by atoms with van der Waals surface area (Å²) in [6.45, 7) is 2.26. The van der Waals surface area contributed by atoms with Crippen molar-refractivity contribution in [3.8, 4) is 0 Å². The molecule has 1 heterocycles. The van der Waals surface area contributed by atoms with E-state index in [9.17, 15) is 8.78 Å². The third-order valence-corrected chi connectivity index (χ3v) is 3.61. The fourth-order valence-electron chi connectivity index (χ4n) is 2.30. The Kier molecular flexibility index (Phi) is 3.71. The van der Waals surface area contributed by atoms with E-state index in [4.69, 9.17) is 5.73 Å². The minimum atomic E-state index is -2.53. The molecule has 0 aromatic carbocycles. The van der Waals surface area contributed by atoms with Gasteiger partial charge in [0.1, 0.15) is 5.69 Å². The van der Waals surface area contributed by atoms with Crippen LogP contribution >= 0.6 is 0 Å². The number of nitrogens with two attached hydrogens (primary N) is 1. The summed E-state index contributed by atoms with van der Waals surface area (Å²) in [5, 5.41) is 7.73. The lowest BCUT2D eigenvalue weighted by atomic mass is 9.80. The Bertz CT molecular complexity index is 374. The Balaban J connectivity index is 2.25. The first-order valence-corrected chi connectivity index (χ1v) is 6.07. The zero-order chi connectivity index (χ0) is 12.4. The summed E-state index contributed by atoms with van der Waals surface area (Å²) in [6, 6.07) is 0.00627. The molecule has 1 fully saturated rings. The maximum atomic E-state index is 13.0. The molecule has 1 aromatic heterocycles. The normalized spacial score (nSPS) is 18.4. The summed E-state index contributed by atoms with van der Waals surface area (Å²) in [5.41, 5.74) is 5.69. The Labute approximate surface area is 99.2 Å². The SMILES string of the molecule is CC(C1CCC1)n1nnc(CCN)c1C(F)F. The van der Waals surface area contributed by atoms with Crippen LogP contribution in [0.4, 0.5) is 8.78 Å². The molecule has 4 nitrogen and oxygen atoms in total. The molecule has 1 unspecified atom stereocenters. The number of hydrogen-bond acceptors (Lipinski definition) is 3. The van der Waals surface area contributed by atoms with E-state index < -0.39 is 6.43 Å². The van der Waals surface area contributed by atoms with E-state index >= 15 is 0 Å². The highest BCUT2D eigenvalue weighted by Gasteiger charge is 2.30. The van der Waals surface area contributed by atoms with Crippen molar-refractivity contribution in [3.05, 3.63) is 11.4 Å². The van der Waals surface area contributed by atoms with Gasteiger partial charge >= 0.3 is 0 Å². The van der Waals surface area contributed by atoms with Gasteiger partial charge in [0.05, 0.1) is 11.7 Å². The van der Waals surface area contributed by atoms with Crippen LogP contribution in [-0.2, 0) is 6.42 Å². The smallest absolute Gasteiger partial charge is 0.281 e. The molecule has 0 amide bonds. The van der Waals surface area contributed by atoms with Crippen molar-refractivity contribution in [2.45, 2.75) is 45.1 Å². The van der Waals surface area contributed by atoms with Gasteiger partial charge in [0, 0.05) is 6.42 Å². The molecule has 0 saturated heterocycles. The van der Waals surface area contributed by atoms with Gasteiger partial charge in [-0.2, -0.15) is 0 Å². The Morgan fingerprint density at radius 2 is 2.18 bits per heavy atom. The zero-order valence-electron chi connectivity index (χ0n) is 9.94. The third kappa shape index (κ3) is 2.31. The highest BCUT2D eigenvalue weighted by Crippen LogP contribution is 2.37. The summed E-state index contributed by atoms with van der Waals surface area (Å²) >= 11 is 0. The van der Waals surface area contributed by atoms with E-state index in [1.54, 1.807) is 0 Å². The van der Waals surface area contributed by atoms with E-state index in [2.05, 4.69) is 10.3 Å². The first kappa shape index (κ1) is 12.4. The number of rotatable bonds is 5. The van der Waals surface area contributed by atoms with Gasteiger partial charge in [-0.15, -0.1) is 5.10 Å². The summed E-state index contributed by atoms with van der Waals surface area (Å²) in [7, 11) is 0. The van der Waals surface area contributed by atoms with Crippen molar-refractivity contribution in [1.82, 2.24) is 15.0 Å². The first-order chi connectivity index (χ1) is 8.15. The summed E-state index contributed by atoms with van der Waals surface area (Å²) < 4.78 is 27.5. The maximum Gasteiger partial charge on any atom is 0.281 e. The molecule has 1 aromatic rings. The average molecular weight is 244 g/mol. The molecule has 1 saturated carbocycles. The number of hydrogen-bond donors (Lipinski definition) is 1. The van der Waals surface area contributed by atoms with Crippen LogP contribution in [0.25, 0.3) is 0 Å². The molecule has 0 aliphatic heterocycles. The molecule has 0 spiro atoms. The van der Waals surface area contributed by atoms with Crippen molar-refractivity contribution >= 4 is 0 Å². The monoisotopic (exact) mass is 244 g/mol. The largest absolute Gasteiger partial charge is 0.330 e. The lowest BCUT2D eigenvalue weighted by molar-refractivity contribution is 0.124. The van der Waals surface area contributed by atoms with Crippen molar-refractivity contribution in [1.29, 1.82) is 0 Å². The second kappa shape index (κ2) is 5.08. The fourth-order valence-corrected chi connectivity index (χ4v) is 2.30. The van der Waals surface area contributed by atoms with Gasteiger partial charge in [-0.05, 0) is 32.2 Å². The molecule has 0 bridgehead atoms. The van der Waals surface area contributed by atoms with Crippen LogP contribution in [0.5, 0.6) is 0 Å². The minimum absolute atomic E-state index is 0.00627. The molecule has 6 heteroatoms. The van der Waals surface area contributed by atoms with Crippen LogP contribution in [0.15, 0.2) is 0 Å². The summed E-state index contributed by atoms with van der Waals surface area (Å²) in [4.78, 5) is 0. The van der Waals surface area contributed by atoms with E-state index in [0.717, 1.165) is 12.8 Å². The second-order valence-corrected chi connectivity index (χ2v) is 4.64. The number of nitrogens with zero attached hydrogens (tertiary/aromatic N) is 3. The standard InChI is InChI=1S/C11H18F2N4/c1-7(8-3-2-4-8)17-10(11(12)13)9(5-6-14)15-16-17/h7-8,11H,2-6,14H2,1H3. The lowest BCUT2D eigenvalue weighted by Gasteiger charge is -2.31. The second-order valence-electron chi connectivity index (χ2n) is 4.64. The average Bonchev–Trinajstić information content (AvgIpc) is 2.59. The predicted molar refractivity (Wildman–Crippen MR) is 59.8 cm³/mol. The topological polar surface area (TPSA) is 56.7 Å². The van der Waals surface area contributed by atoms with Gasteiger partial charge in [0.25, 0.3) is 6.43 Å². The van der Waals surface area contributed by atoms with E-state index in [0.29, 0.717) is 24.6 Å². The van der Waals surface area contributed by atoms with E-state index in [1.807, 2.05) is 6.92 Å². The van der Waals surface area contributed by atoms with Crippen LogP contribution < -0.4 is 5.73 Å². The highest BCUT2D eigenvalue weighted by atomic mass is 19.3. The molecule has 2 N–H and O–H groups in total. The van der Waals surface area contributed by atoms with Crippen LogP contribution in [-0.4, -0.2) is 21.5 Å². The maximum absolute atomic E-state index is 13.0. The molecule has 1 aliphatic rings. The molecule has 1 atom stereocenters. The fraction of sp³-hybridized carbons (Fsp3) is 0.818. The zero-order valence-corrected chi connectivity index (χ0v) is 9.94. The van der Waals surface area contributed by atoms with Gasteiger partial charge < -0.3 is 5.73 Å². The number of aromatic nitrogens is 3. The van der Waals surface area contributed by atoms with Crippen molar-refractivity contribution in [3.63, 3.8) is 0 Å². The van der Waals surface area contributed by atoms with Crippen LogP contribution in [0.2, 0.25) is 0 Å².